The molecule has 0 aromatic heterocycles. The molecular formula is C14H14O2. The van der Waals surface area contributed by atoms with E-state index in [9.17, 15) is 9.59 Å². The van der Waals surface area contributed by atoms with Crippen LogP contribution in [0.15, 0.2) is 35.9 Å². The van der Waals surface area contributed by atoms with Gasteiger partial charge in [-0.2, -0.15) is 0 Å². The van der Waals surface area contributed by atoms with Gasteiger partial charge in [-0.15, -0.1) is 0 Å². The summed E-state index contributed by atoms with van der Waals surface area (Å²) in [6, 6.07) is 9.76. The Labute approximate surface area is 95.0 Å². The Balaban J connectivity index is 2.23. The Morgan fingerprint density at radius 1 is 1.00 bits per heavy atom. The minimum Gasteiger partial charge on any atom is -0.299 e. The second kappa shape index (κ2) is 4.88. The molecule has 0 spiro atoms. The summed E-state index contributed by atoms with van der Waals surface area (Å²) >= 11 is 0. The van der Waals surface area contributed by atoms with Crippen LogP contribution >= 0.6 is 0 Å². The van der Waals surface area contributed by atoms with E-state index < -0.39 is 0 Å². The number of carbonyl (C=O) groups is 2. The van der Waals surface area contributed by atoms with Gasteiger partial charge >= 0.3 is 0 Å². The van der Waals surface area contributed by atoms with Crippen LogP contribution < -0.4 is 0 Å². The van der Waals surface area contributed by atoms with Crippen molar-refractivity contribution in [3.63, 3.8) is 0 Å². The van der Waals surface area contributed by atoms with Crippen molar-refractivity contribution < 1.29 is 9.59 Å². The summed E-state index contributed by atoms with van der Waals surface area (Å²) in [5.74, 6) is 0.0628. The number of rotatable bonds is 1. The van der Waals surface area contributed by atoms with Crippen LogP contribution in [0.4, 0.5) is 0 Å². The molecular weight excluding hydrogens is 200 g/mol. The number of allylic oxidation sites excluding steroid dienone is 1. The number of Topliss-reactive ketones (excluding diaryl/α,β-unsaturated/α-hetero) is 2. The second-order valence-electron chi connectivity index (χ2n) is 4.07. The van der Waals surface area contributed by atoms with Gasteiger partial charge < -0.3 is 0 Å². The first-order valence-corrected chi connectivity index (χ1v) is 5.56. The molecule has 1 aromatic carbocycles. The maximum atomic E-state index is 11.7. The summed E-state index contributed by atoms with van der Waals surface area (Å²) in [6.07, 6.45) is 4.04. The Hall–Kier alpha value is -1.70. The molecule has 2 nitrogen and oxygen atoms in total. The Kier molecular flexibility index (Phi) is 3.30. The van der Waals surface area contributed by atoms with Gasteiger partial charge in [-0.25, -0.2) is 0 Å². The van der Waals surface area contributed by atoms with Crippen LogP contribution in [0, 0.1) is 0 Å². The lowest BCUT2D eigenvalue weighted by Crippen LogP contribution is -2.05. The van der Waals surface area contributed by atoms with Crippen molar-refractivity contribution in [2.75, 3.05) is 0 Å². The first kappa shape index (κ1) is 10.8. The normalized spacial score (nSPS) is 19.9. The fourth-order valence-corrected chi connectivity index (χ4v) is 1.90. The van der Waals surface area contributed by atoms with E-state index in [4.69, 9.17) is 0 Å². The van der Waals surface area contributed by atoms with Crippen molar-refractivity contribution in [1.29, 1.82) is 0 Å². The van der Waals surface area contributed by atoms with Gasteiger partial charge in [0.25, 0.3) is 0 Å². The van der Waals surface area contributed by atoms with Crippen LogP contribution in [-0.2, 0) is 9.59 Å². The molecule has 0 N–H and O–H groups in total. The number of hydrogen-bond acceptors (Lipinski definition) is 2. The Morgan fingerprint density at radius 2 is 1.75 bits per heavy atom. The maximum absolute atomic E-state index is 11.7. The predicted molar refractivity (Wildman–Crippen MR) is 62.9 cm³/mol. The summed E-state index contributed by atoms with van der Waals surface area (Å²) in [4.78, 5) is 23.0. The average Bonchev–Trinajstić information content (AvgIpc) is 2.43. The van der Waals surface area contributed by atoms with Crippen molar-refractivity contribution in [1.82, 2.24) is 0 Å². The molecule has 0 atom stereocenters. The lowest BCUT2D eigenvalue weighted by atomic mass is 10.0. The second-order valence-corrected chi connectivity index (χ2v) is 4.07. The number of hydrogen-bond donors (Lipinski definition) is 0. The van der Waals surface area contributed by atoms with E-state index in [2.05, 4.69) is 0 Å². The highest BCUT2D eigenvalue weighted by atomic mass is 16.1. The van der Waals surface area contributed by atoms with Gasteiger partial charge in [0.15, 0.2) is 5.78 Å². The standard InChI is InChI=1S/C14H14O2/c15-13-8-4-7-12(14(16)10-13)9-11-5-2-1-3-6-11/h1-3,5-6,9H,4,7-8,10H2/b12-9-. The first-order chi connectivity index (χ1) is 7.75. The highest BCUT2D eigenvalue weighted by molar-refractivity contribution is 6.10. The third kappa shape index (κ3) is 2.66. The van der Waals surface area contributed by atoms with E-state index in [0.29, 0.717) is 6.42 Å². The zero-order valence-electron chi connectivity index (χ0n) is 9.11. The van der Waals surface area contributed by atoms with Crippen molar-refractivity contribution in [3.05, 3.63) is 41.5 Å². The molecule has 0 saturated heterocycles. The number of carbonyl (C=O) groups excluding carboxylic acids is 2. The third-order valence-electron chi connectivity index (χ3n) is 2.76. The molecule has 0 bridgehead atoms. The molecule has 2 heteroatoms. The van der Waals surface area contributed by atoms with Crippen LogP contribution in [0.2, 0.25) is 0 Å². The molecule has 1 saturated carbocycles. The fraction of sp³-hybridized carbons (Fsp3) is 0.286. The molecule has 0 unspecified atom stereocenters. The monoisotopic (exact) mass is 214 g/mol. The topological polar surface area (TPSA) is 34.1 Å². The van der Waals surface area contributed by atoms with E-state index in [1.54, 1.807) is 0 Å². The minimum atomic E-state index is -0.00801. The van der Waals surface area contributed by atoms with Crippen molar-refractivity contribution in [2.24, 2.45) is 0 Å². The molecule has 0 amide bonds. The number of benzene rings is 1. The van der Waals surface area contributed by atoms with Gasteiger partial charge in [0.05, 0.1) is 6.42 Å². The Morgan fingerprint density at radius 3 is 2.50 bits per heavy atom. The molecule has 1 aliphatic carbocycles. The van der Waals surface area contributed by atoms with Crippen LogP contribution in [-0.4, -0.2) is 11.6 Å². The maximum Gasteiger partial charge on any atom is 0.166 e. The largest absolute Gasteiger partial charge is 0.299 e. The summed E-state index contributed by atoms with van der Waals surface area (Å²) in [5, 5.41) is 0. The summed E-state index contributed by atoms with van der Waals surface area (Å²) in [6.45, 7) is 0. The van der Waals surface area contributed by atoms with Crippen LogP contribution in [0.5, 0.6) is 0 Å². The van der Waals surface area contributed by atoms with Crippen LogP contribution in [0.3, 0.4) is 0 Å². The molecule has 1 fully saturated rings. The van der Waals surface area contributed by atoms with Gasteiger partial charge in [-0.05, 0) is 30.1 Å². The van der Waals surface area contributed by atoms with E-state index in [1.165, 1.54) is 0 Å². The molecule has 0 aliphatic heterocycles. The summed E-state index contributed by atoms with van der Waals surface area (Å²) in [5.41, 5.74) is 1.82. The van der Waals surface area contributed by atoms with E-state index in [0.717, 1.165) is 24.0 Å². The molecule has 16 heavy (non-hydrogen) atoms. The minimum absolute atomic E-state index is 0.00801. The van der Waals surface area contributed by atoms with Gasteiger partial charge in [0.1, 0.15) is 5.78 Å². The lowest BCUT2D eigenvalue weighted by molar-refractivity contribution is -0.124. The van der Waals surface area contributed by atoms with Gasteiger partial charge in [0.2, 0.25) is 0 Å². The summed E-state index contributed by atoms with van der Waals surface area (Å²) in [7, 11) is 0. The SMILES string of the molecule is O=C1CCC/C(=C/c2ccccc2)C(=O)C1. The van der Waals surface area contributed by atoms with E-state index in [1.807, 2.05) is 36.4 Å². The van der Waals surface area contributed by atoms with E-state index >= 15 is 0 Å². The zero-order valence-corrected chi connectivity index (χ0v) is 9.11. The quantitative estimate of drug-likeness (QED) is 0.409. The first-order valence-electron chi connectivity index (χ1n) is 5.56. The van der Waals surface area contributed by atoms with Crippen LogP contribution in [0.1, 0.15) is 31.2 Å². The molecule has 0 radical (unpaired) electrons. The Bertz CT molecular complexity index is 429. The smallest absolute Gasteiger partial charge is 0.166 e. The predicted octanol–water partition coefficient (Wildman–Crippen LogP) is 2.78. The van der Waals surface area contributed by atoms with E-state index in [-0.39, 0.29) is 18.0 Å². The average molecular weight is 214 g/mol. The van der Waals surface area contributed by atoms with Gasteiger partial charge in [0, 0.05) is 6.42 Å². The van der Waals surface area contributed by atoms with Gasteiger partial charge in [-0.1, -0.05) is 30.3 Å². The summed E-state index contributed by atoms with van der Waals surface area (Å²) < 4.78 is 0. The van der Waals surface area contributed by atoms with Crippen LogP contribution in [0.25, 0.3) is 6.08 Å². The number of ketones is 2. The van der Waals surface area contributed by atoms with Crippen molar-refractivity contribution >= 4 is 17.6 Å². The molecule has 2 rings (SSSR count). The van der Waals surface area contributed by atoms with Crippen molar-refractivity contribution in [3.8, 4) is 0 Å². The van der Waals surface area contributed by atoms with Crippen molar-refractivity contribution in [2.45, 2.75) is 25.7 Å². The molecule has 82 valence electrons. The van der Waals surface area contributed by atoms with Gasteiger partial charge in [-0.3, -0.25) is 9.59 Å². The molecule has 1 aliphatic rings. The molecule has 1 aromatic rings. The highest BCUT2D eigenvalue weighted by Crippen LogP contribution is 2.19. The fourth-order valence-electron chi connectivity index (χ4n) is 1.90. The zero-order chi connectivity index (χ0) is 11.4. The molecule has 0 heterocycles. The lowest BCUT2D eigenvalue weighted by Gasteiger charge is -2.00. The third-order valence-corrected chi connectivity index (χ3v) is 2.76. The highest BCUT2D eigenvalue weighted by Gasteiger charge is 2.18.